The number of hydrogen-bond donors (Lipinski definition) is 0. The van der Waals surface area contributed by atoms with E-state index in [2.05, 4.69) is 31.2 Å². The fourth-order valence-electron chi connectivity index (χ4n) is 2.31. The van der Waals surface area contributed by atoms with Crippen LogP contribution in [0, 0.1) is 0 Å². The Morgan fingerprint density at radius 2 is 1.29 bits per heavy atom. The highest BCUT2D eigenvalue weighted by atomic mass is 16.1. The number of Topliss-reactive ketones (excluding diaryl/α,β-unsaturated/α-hetero) is 1. The number of hydrogen-bond acceptors (Lipinski definition) is 1. The molecule has 0 bridgehead atoms. The Labute approximate surface area is 132 Å². The second kappa shape index (κ2) is 17.2. The maximum absolute atomic E-state index is 11.1. The van der Waals surface area contributed by atoms with Gasteiger partial charge in [-0.05, 0) is 38.5 Å². The largest absolute Gasteiger partial charge is 0.300 e. The molecule has 0 aromatic carbocycles. The molecule has 0 aliphatic carbocycles. The van der Waals surface area contributed by atoms with Crippen molar-refractivity contribution in [1.29, 1.82) is 0 Å². The molecule has 122 valence electrons. The highest BCUT2D eigenvalue weighted by Crippen LogP contribution is 2.08. The van der Waals surface area contributed by atoms with Crippen LogP contribution in [0.4, 0.5) is 0 Å². The molecule has 0 aliphatic rings. The number of unbranched alkanes of at least 4 members (excludes halogenated alkanes) is 8. The summed E-state index contributed by atoms with van der Waals surface area (Å²) in [6, 6.07) is 0. The first kappa shape index (κ1) is 20.1. The minimum absolute atomic E-state index is 0.417. The third-order valence-electron chi connectivity index (χ3n) is 3.80. The monoisotopic (exact) mass is 292 g/mol. The Bertz CT molecular complexity index is 276. The van der Waals surface area contributed by atoms with E-state index in [0.29, 0.717) is 12.2 Å². The summed E-state index contributed by atoms with van der Waals surface area (Å²) in [6.07, 6.45) is 24.4. The molecule has 0 fully saturated rings. The zero-order chi connectivity index (χ0) is 15.6. The highest BCUT2D eigenvalue weighted by molar-refractivity contribution is 5.77. The van der Waals surface area contributed by atoms with Gasteiger partial charge in [-0.25, -0.2) is 0 Å². The second-order valence-corrected chi connectivity index (χ2v) is 5.87. The summed E-state index contributed by atoms with van der Waals surface area (Å²) in [6.45, 7) is 4.20. The van der Waals surface area contributed by atoms with Crippen LogP contribution < -0.4 is 0 Å². The van der Waals surface area contributed by atoms with Crippen molar-refractivity contribution < 1.29 is 4.79 Å². The van der Waals surface area contributed by atoms with Gasteiger partial charge >= 0.3 is 0 Å². The predicted octanol–water partition coefficient (Wildman–Crippen LogP) is 6.78. The van der Waals surface area contributed by atoms with Gasteiger partial charge in [0, 0.05) is 12.8 Å². The topological polar surface area (TPSA) is 17.1 Å². The molecular weight excluding hydrogens is 256 g/mol. The summed E-state index contributed by atoms with van der Waals surface area (Å²) in [5.41, 5.74) is 0. The zero-order valence-electron chi connectivity index (χ0n) is 14.4. The lowest BCUT2D eigenvalue weighted by atomic mass is 10.1. The van der Waals surface area contributed by atoms with Crippen LogP contribution in [0.25, 0.3) is 0 Å². The number of ketones is 1. The first-order valence-corrected chi connectivity index (χ1v) is 9.13. The fourth-order valence-corrected chi connectivity index (χ4v) is 2.31. The van der Waals surface area contributed by atoms with Gasteiger partial charge in [-0.1, -0.05) is 70.3 Å². The Balaban J connectivity index is 3.20. The molecule has 0 atom stereocenters. The first-order chi connectivity index (χ1) is 10.3. The maximum Gasteiger partial charge on any atom is 0.132 e. The molecule has 0 heterocycles. The molecular formula is C20H36O. The van der Waals surface area contributed by atoms with Crippen molar-refractivity contribution in [2.45, 2.75) is 97.3 Å². The molecule has 0 unspecified atom stereocenters. The molecule has 0 rings (SSSR count). The van der Waals surface area contributed by atoms with Crippen molar-refractivity contribution in [3.8, 4) is 0 Å². The predicted molar refractivity (Wildman–Crippen MR) is 94.7 cm³/mol. The van der Waals surface area contributed by atoms with Gasteiger partial charge in [-0.3, -0.25) is 4.79 Å². The van der Waals surface area contributed by atoms with Crippen molar-refractivity contribution in [2.75, 3.05) is 0 Å². The van der Waals surface area contributed by atoms with E-state index in [1.54, 1.807) is 0 Å². The molecule has 0 saturated carbocycles. The molecule has 0 saturated heterocycles. The second-order valence-electron chi connectivity index (χ2n) is 5.87. The molecule has 21 heavy (non-hydrogen) atoms. The van der Waals surface area contributed by atoms with Gasteiger partial charge in [0.15, 0.2) is 0 Å². The summed E-state index contributed by atoms with van der Waals surface area (Å²) < 4.78 is 0. The number of carbonyl (C=O) groups is 1. The van der Waals surface area contributed by atoms with Gasteiger partial charge in [0.25, 0.3) is 0 Å². The zero-order valence-corrected chi connectivity index (χ0v) is 14.4. The summed E-state index contributed by atoms with van der Waals surface area (Å²) >= 11 is 0. The van der Waals surface area contributed by atoms with Crippen LogP contribution in [0.15, 0.2) is 24.3 Å². The van der Waals surface area contributed by atoms with Crippen molar-refractivity contribution in [3.63, 3.8) is 0 Å². The summed E-state index contributed by atoms with van der Waals surface area (Å²) in [5.74, 6) is 0.417. The van der Waals surface area contributed by atoms with Crippen LogP contribution in [0.5, 0.6) is 0 Å². The number of allylic oxidation sites excluding steroid dienone is 4. The Hall–Kier alpha value is -0.850. The van der Waals surface area contributed by atoms with Gasteiger partial charge < -0.3 is 0 Å². The van der Waals surface area contributed by atoms with E-state index in [1.807, 2.05) is 6.92 Å². The van der Waals surface area contributed by atoms with Crippen LogP contribution in [0.3, 0.4) is 0 Å². The first-order valence-electron chi connectivity index (χ1n) is 9.13. The van der Waals surface area contributed by atoms with Crippen molar-refractivity contribution in [3.05, 3.63) is 24.3 Å². The van der Waals surface area contributed by atoms with Crippen LogP contribution in [0.1, 0.15) is 97.3 Å². The third kappa shape index (κ3) is 17.1. The number of carbonyl (C=O) groups excluding carboxylic acids is 1. The van der Waals surface area contributed by atoms with Crippen LogP contribution >= 0.6 is 0 Å². The van der Waals surface area contributed by atoms with Crippen LogP contribution in [-0.4, -0.2) is 5.78 Å². The SMILES string of the molecule is CCCCC/C=C\C/C=C/CCCCCCCC(=O)CC. The molecule has 0 aromatic heterocycles. The normalized spacial score (nSPS) is 11.7. The molecule has 0 radical (unpaired) electrons. The van der Waals surface area contributed by atoms with Gasteiger partial charge in [-0.2, -0.15) is 0 Å². The van der Waals surface area contributed by atoms with Gasteiger partial charge in [-0.15, -0.1) is 0 Å². The Kier molecular flexibility index (Phi) is 16.5. The molecule has 0 N–H and O–H groups in total. The minimum atomic E-state index is 0.417. The lowest BCUT2D eigenvalue weighted by molar-refractivity contribution is -0.118. The number of rotatable bonds is 15. The van der Waals surface area contributed by atoms with E-state index < -0.39 is 0 Å². The Morgan fingerprint density at radius 1 is 0.714 bits per heavy atom. The third-order valence-corrected chi connectivity index (χ3v) is 3.80. The van der Waals surface area contributed by atoms with E-state index in [1.165, 1.54) is 57.8 Å². The quantitative estimate of drug-likeness (QED) is 0.240. The van der Waals surface area contributed by atoms with Crippen molar-refractivity contribution in [2.24, 2.45) is 0 Å². The molecule has 0 aliphatic heterocycles. The molecule has 1 heteroatoms. The van der Waals surface area contributed by atoms with Crippen LogP contribution in [0.2, 0.25) is 0 Å². The minimum Gasteiger partial charge on any atom is -0.300 e. The van der Waals surface area contributed by atoms with E-state index in [-0.39, 0.29) is 0 Å². The van der Waals surface area contributed by atoms with Gasteiger partial charge in [0.05, 0.1) is 0 Å². The molecule has 0 spiro atoms. The fraction of sp³-hybridized carbons (Fsp3) is 0.750. The van der Waals surface area contributed by atoms with Crippen molar-refractivity contribution >= 4 is 5.78 Å². The summed E-state index contributed by atoms with van der Waals surface area (Å²) in [4.78, 5) is 11.1. The summed E-state index contributed by atoms with van der Waals surface area (Å²) in [5, 5.41) is 0. The maximum atomic E-state index is 11.1. The average molecular weight is 293 g/mol. The molecule has 0 aromatic rings. The highest BCUT2D eigenvalue weighted by Gasteiger charge is 1.97. The van der Waals surface area contributed by atoms with E-state index >= 15 is 0 Å². The lowest BCUT2D eigenvalue weighted by Crippen LogP contribution is -1.93. The van der Waals surface area contributed by atoms with E-state index in [0.717, 1.165) is 19.3 Å². The van der Waals surface area contributed by atoms with Crippen LogP contribution in [-0.2, 0) is 4.79 Å². The average Bonchev–Trinajstić information content (AvgIpc) is 2.50. The molecule has 0 amide bonds. The molecule has 1 nitrogen and oxygen atoms in total. The van der Waals surface area contributed by atoms with Crippen molar-refractivity contribution in [1.82, 2.24) is 0 Å². The van der Waals surface area contributed by atoms with Gasteiger partial charge in [0.1, 0.15) is 5.78 Å². The van der Waals surface area contributed by atoms with E-state index in [4.69, 9.17) is 0 Å². The summed E-state index contributed by atoms with van der Waals surface area (Å²) in [7, 11) is 0. The van der Waals surface area contributed by atoms with Gasteiger partial charge in [0.2, 0.25) is 0 Å². The van der Waals surface area contributed by atoms with E-state index in [9.17, 15) is 4.79 Å². The smallest absolute Gasteiger partial charge is 0.132 e. The lowest BCUT2D eigenvalue weighted by Gasteiger charge is -1.99. The Morgan fingerprint density at radius 3 is 1.90 bits per heavy atom. The standard InChI is InChI=1S/C20H36O/c1-3-5-6-7-8-9-10-11-12-13-14-15-16-17-18-19-20(21)4-2/h8-9,11-12H,3-7,10,13-19H2,1-2H3/b9-8-,12-11+.